The zero-order valence-corrected chi connectivity index (χ0v) is 15.8. The number of nitrogens with two attached hydrogens (primary N) is 1. The van der Waals surface area contributed by atoms with E-state index in [-0.39, 0.29) is 23.8 Å². The van der Waals surface area contributed by atoms with Crippen molar-refractivity contribution in [1.82, 2.24) is 9.55 Å². The van der Waals surface area contributed by atoms with Gasteiger partial charge >= 0.3 is 5.69 Å². The van der Waals surface area contributed by atoms with Crippen molar-refractivity contribution in [2.75, 3.05) is 12.3 Å². The molecule has 9 heteroatoms. The molecular weight excluding hydrogens is 330 g/mol. The monoisotopic (exact) mass is 357 g/mol. The molecule has 1 aromatic rings. The summed E-state index contributed by atoms with van der Waals surface area (Å²) in [5, 5.41) is 10.3. The maximum absolute atomic E-state index is 11.9. The molecular formula is C15H27N3O5Si. The van der Waals surface area contributed by atoms with E-state index in [0.717, 1.165) is 0 Å². The van der Waals surface area contributed by atoms with Crippen LogP contribution >= 0.6 is 0 Å². The van der Waals surface area contributed by atoms with Crippen molar-refractivity contribution in [3.8, 4) is 0 Å². The Kier molecular flexibility index (Phi) is 5.10. The third-order valence-electron chi connectivity index (χ3n) is 4.92. The van der Waals surface area contributed by atoms with Crippen LogP contribution in [0.5, 0.6) is 0 Å². The van der Waals surface area contributed by atoms with Gasteiger partial charge in [0.25, 0.3) is 5.56 Å². The lowest BCUT2D eigenvalue weighted by Gasteiger charge is -2.37. The summed E-state index contributed by atoms with van der Waals surface area (Å²) < 4.78 is 13.1. The van der Waals surface area contributed by atoms with Crippen molar-refractivity contribution in [3.05, 3.63) is 27.0 Å². The highest BCUT2D eigenvalue weighted by Gasteiger charge is 2.41. The number of aliphatic hydroxyl groups excluding tert-OH is 1. The first-order chi connectivity index (χ1) is 10.9. The van der Waals surface area contributed by atoms with Crippen molar-refractivity contribution in [3.63, 3.8) is 0 Å². The quantitative estimate of drug-likeness (QED) is 0.685. The smallest absolute Gasteiger partial charge is 0.330 e. The number of nitrogens with zero attached hydrogens (tertiary/aromatic N) is 1. The van der Waals surface area contributed by atoms with E-state index in [1.807, 2.05) is 0 Å². The highest BCUT2D eigenvalue weighted by Crippen LogP contribution is 2.37. The molecule has 2 heterocycles. The Bertz CT molecular complexity index is 706. The Labute approximate surface area is 141 Å². The van der Waals surface area contributed by atoms with Gasteiger partial charge in [-0.05, 0) is 18.1 Å². The Morgan fingerprint density at radius 1 is 1.46 bits per heavy atom. The van der Waals surface area contributed by atoms with Gasteiger partial charge in [-0.2, -0.15) is 0 Å². The van der Waals surface area contributed by atoms with Crippen LogP contribution in [0.25, 0.3) is 0 Å². The van der Waals surface area contributed by atoms with Gasteiger partial charge in [0.15, 0.2) is 8.32 Å². The molecule has 3 atom stereocenters. The summed E-state index contributed by atoms with van der Waals surface area (Å²) in [5.41, 5.74) is 4.23. The molecule has 4 N–H and O–H groups in total. The number of aromatic nitrogens is 2. The molecule has 1 aromatic heterocycles. The third-order valence-corrected chi connectivity index (χ3v) is 9.43. The van der Waals surface area contributed by atoms with Gasteiger partial charge in [-0.25, -0.2) is 4.79 Å². The lowest BCUT2D eigenvalue weighted by molar-refractivity contribution is -0.0432. The predicted molar refractivity (Wildman–Crippen MR) is 93.4 cm³/mol. The van der Waals surface area contributed by atoms with Crippen molar-refractivity contribution in [2.45, 2.75) is 63.8 Å². The third kappa shape index (κ3) is 3.80. The Morgan fingerprint density at radius 2 is 2.08 bits per heavy atom. The summed E-state index contributed by atoms with van der Waals surface area (Å²) in [5.74, 6) is 0. The van der Waals surface area contributed by atoms with Crippen molar-refractivity contribution in [1.29, 1.82) is 0 Å². The molecule has 0 aliphatic carbocycles. The number of hydrogen-bond donors (Lipinski definition) is 3. The van der Waals surface area contributed by atoms with E-state index in [0.29, 0.717) is 0 Å². The average Bonchev–Trinajstić information content (AvgIpc) is 2.80. The number of nitrogen functional groups attached to an aromatic ring is 1. The summed E-state index contributed by atoms with van der Waals surface area (Å²) in [6.45, 7) is 10.9. The first-order valence-electron chi connectivity index (χ1n) is 8.01. The van der Waals surface area contributed by atoms with E-state index >= 15 is 0 Å². The van der Waals surface area contributed by atoms with Gasteiger partial charge in [0, 0.05) is 12.6 Å². The van der Waals surface area contributed by atoms with E-state index in [2.05, 4.69) is 38.8 Å². The fourth-order valence-electron chi connectivity index (χ4n) is 2.26. The first kappa shape index (κ1) is 18.9. The van der Waals surface area contributed by atoms with Crippen LogP contribution in [-0.4, -0.2) is 41.8 Å². The van der Waals surface area contributed by atoms with E-state index in [9.17, 15) is 14.7 Å². The minimum atomic E-state index is -1.96. The van der Waals surface area contributed by atoms with E-state index in [4.69, 9.17) is 14.9 Å². The highest BCUT2D eigenvalue weighted by atomic mass is 28.4. The van der Waals surface area contributed by atoms with E-state index < -0.39 is 38.0 Å². The van der Waals surface area contributed by atoms with Crippen molar-refractivity contribution in [2.24, 2.45) is 0 Å². The summed E-state index contributed by atoms with van der Waals surface area (Å²) >= 11 is 0. The molecule has 1 fully saturated rings. The maximum atomic E-state index is 11.9. The molecule has 0 bridgehead atoms. The number of H-pyrrole nitrogens is 1. The minimum Gasteiger partial charge on any atom is -0.414 e. The zero-order valence-electron chi connectivity index (χ0n) is 14.8. The molecule has 0 spiro atoms. The van der Waals surface area contributed by atoms with Crippen LogP contribution in [0.1, 0.15) is 33.4 Å². The second-order valence-corrected chi connectivity index (χ2v) is 12.6. The molecule has 0 saturated carbocycles. The van der Waals surface area contributed by atoms with E-state index in [1.54, 1.807) is 0 Å². The van der Waals surface area contributed by atoms with Crippen LogP contribution < -0.4 is 17.0 Å². The molecule has 0 unspecified atom stereocenters. The Hall–Kier alpha value is -1.42. The lowest BCUT2D eigenvalue weighted by Crippen LogP contribution is -2.43. The van der Waals surface area contributed by atoms with E-state index in [1.165, 1.54) is 10.8 Å². The number of rotatable bonds is 4. The molecule has 136 valence electrons. The highest BCUT2D eigenvalue weighted by molar-refractivity contribution is 6.74. The molecule has 2 rings (SSSR count). The number of hydrogen-bond acceptors (Lipinski definition) is 6. The van der Waals surface area contributed by atoms with Gasteiger partial charge in [-0.15, -0.1) is 0 Å². The number of anilines is 1. The average molecular weight is 357 g/mol. The molecule has 8 nitrogen and oxygen atoms in total. The van der Waals surface area contributed by atoms with Crippen LogP contribution in [0, 0.1) is 0 Å². The Balaban J connectivity index is 2.09. The molecule has 1 saturated heterocycles. The lowest BCUT2D eigenvalue weighted by atomic mass is 10.2. The molecule has 1 aliphatic rings. The van der Waals surface area contributed by atoms with Crippen molar-refractivity contribution < 1.29 is 14.3 Å². The van der Waals surface area contributed by atoms with Crippen molar-refractivity contribution >= 4 is 14.0 Å². The van der Waals surface area contributed by atoms with Crippen LogP contribution in [0.4, 0.5) is 5.69 Å². The second kappa shape index (κ2) is 6.47. The fraction of sp³-hybridized carbons (Fsp3) is 0.733. The molecule has 0 amide bonds. The number of nitrogens with one attached hydrogen (secondary N) is 1. The number of aliphatic hydroxyl groups is 1. The number of ether oxygens (including phenoxy) is 1. The van der Waals surface area contributed by atoms with Crippen LogP contribution in [-0.2, 0) is 9.16 Å². The van der Waals surface area contributed by atoms with Gasteiger partial charge in [0.1, 0.15) is 18.0 Å². The van der Waals surface area contributed by atoms with Crippen LogP contribution in [0.3, 0.4) is 0 Å². The summed E-state index contributed by atoms with van der Waals surface area (Å²) in [6, 6.07) is 0. The summed E-state index contributed by atoms with van der Waals surface area (Å²) in [6.07, 6.45) is -0.476. The van der Waals surface area contributed by atoms with Gasteiger partial charge in [0.2, 0.25) is 0 Å². The standard InChI is InChI=1S/C15H27N3O5Si/c1-15(2,3)24(4,5)22-8-11-10(19)6-12(23-11)18-7-9(16)13(20)17-14(18)21/h7,10-12,19H,6,8,16H2,1-5H3,(H,17,20,21)/t10-,11+,12+/m0/s1. The topological polar surface area (TPSA) is 120 Å². The van der Waals surface area contributed by atoms with Gasteiger partial charge in [-0.3, -0.25) is 14.3 Å². The molecule has 24 heavy (non-hydrogen) atoms. The SMILES string of the molecule is CC(C)(C)[Si](C)(C)OC[C@H]1O[C@@H](n2cc(N)c(=O)[nH]c2=O)C[C@@H]1O. The van der Waals surface area contributed by atoms with Gasteiger partial charge < -0.3 is 20.0 Å². The summed E-state index contributed by atoms with van der Waals surface area (Å²) in [4.78, 5) is 25.4. The number of aromatic amines is 1. The largest absolute Gasteiger partial charge is 0.414 e. The zero-order chi connectivity index (χ0) is 18.3. The Morgan fingerprint density at radius 3 is 2.67 bits per heavy atom. The summed E-state index contributed by atoms with van der Waals surface area (Å²) in [7, 11) is -1.96. The van der Waals surface area contributed by atoms with Gasteiger partial charge in [0.05, 0.1) is 12.7 Å². The van der Waals surface area contributed by atoms with Gasteiger partial charge in [-0.1, -0.05) is 20.8 Å². The molecule has 0 aromatic carbocycles. The fourth-order valence-corrected chi connectivity index (χ4v) is 3.27. The molecule has 0 radical (unpaired) electrons. The predicted octanol–water partition coefficient (Wildman–Crippen LogP) is 0.789. The minimum absolute atomic E-state index is 0.0558. The second-order valence-electron chi connectivity index (χ2n) is 7.75. The van der Waals surface area contributed by atoms with Crippen LogP contribution in [0.15, 0.2) is 15.8 Å². The normalized spacial score (nSPS) is 25.2. The first-order valence-corrected chi connectivity index (χ1v) is 10.9. The van der Waals surface area contributed by atoms with Crippen LogP contribution in [0.2, 0.25) is 18.1 Å². The maximum Gasteiger partial charge on any atom is 0.330 e. The molecule has 1 aliphatic heterocycles.